The van der Waals surface area contributed by atoms with E-state index in [1.165, 1.54) is 24.0 Å². The van der Waals surface area contributed by atoms with Crippen LogP contribution in [0.1, 0.15) is 44.2 Å². The predicted octanol–water partition coefficient (Wildman–Crippen LogP) is 4.31. The average Bonchev–Trinajstić information content (AvgIpc) is 3.43. The number of carbonyl (C=O) groups is 2. The third-order valence-corrected chi connectivity index (χ3v) is 7.05. The van der Waals surface area contributed by atoms with Crippen LogP contribution >= 0.6 is 11.3 Å². The first-order valence-electron chi connectivity index (χ1n) is 10.6. The molecule has 0 saturated carbocycles. The zero-order chi connectivity index (χ0) is 22.0. The van der Waals surface area contributed by atoms with Crippen LogP contribution in [0.25, 0.3) is 10.3 Å². The van der Waals surface area contributed by atoms with E-state index in [2.05, 4.69) is 22.0 Å². The van der Waals surface area contributed by atoms with Crippen molar-refractivity contribution in [1.29, 1.82) is 0 Å². The zero-order valence-corrected chi connectivity index (χ0v) is 18.9. The molecule has 6 nitrogen and oxygen atoms in total. The van der Waals surface area contributed by atoms with Crippen LogP contribution in [-0.4, -0.2) is 41.4 Å². The van der Waals surface area contributed by atoms with Crippen molar-refractivity contribution in [2.45, 2.75) is 51.0 Å². The lowest BCUT2D eigenvalue weighted by atomic mass is 9.86. The monoisotopic (exact) mass is 437 g/mol. The van der Waals surface area contributed by atoms with Crippen LogP contribution in [0, 0.1) is 0 Å². The van der Waals surface area contributed by atoms with Crippen molar-refractivity contribution in [2.24, 2.45) is 0 Å². The van der Waals surface area contributed by atoms with Crippen molar-refractivity contribution in [2.75, 3.05) is 18.6 Å². The number of Topliss-reactive ketones (excluding diaryl/α,β-unsaturated/α-hetero) is 1. The molecule has 31 heavy (non-hydrogen) atoms. The minimum atomic E-state index is -0.788. The summed E-state index contributed by atoms with van der Waals surface area (Å²) in [5, 5.41) is 0.825. The number of hydrogen-bond acceptors (Lipinski definition) is 7. The molecule has 1 aliphatic rings. The third kappa shape index (κ3) is 4.32. The molecule has 0 radical (unpaired) electrons. The van der Waals surface area contributed by atoms with Gasteiger partial charge in [0.25, 0.3) is 0 Å². The molecule has 1 fully saturated rings. The van der Waals surface area contributed by atoms with Crippen LogP contribution in [0.3, 0.4) is 0 Å². The summed E-state index contributed by atoms with van der Waals surface area (Å²) in [6.45, 7) is 4.47. The second kappa shape index (κ2) is 8.75. The molecule has 0 unspecified atom stereocenters. The lowest BCUT2D eigenvalue weighted by Gasteiger charge is -2.22. The Morgan fingerprint density at radius 2 is 2.03 bits per heavy atom. The summed E-state index contributed by atoms with van der Waals surface area (Å²) in [5.74, 6) is -0.0388. The van der Waals surface area contributed by atoms with Gasteiger partial charge in [0.05, 0.1) is 23.3 Å². The topological polar surface area (TPSA) is 72.4 Å². The molecule has 3 heterocycles. The van der Waals surface area contributed by atoms with E-state index in [-0.39, 0.29) is 17.8 Å². The van der Waals surface area contributed by atoms with Crippen LogP contribution < -0.4 is 4.90 Å². The largest absolute Gasteiger partial charge is 0.468 e. The fraction of sp³-hybridized carbons (Fsp3) is 0.417. The molecule has 0 aliphatic carbocycles. The van der Waals surface area contributed by atoms with E-state index >= 15 is 0 Å². The third-order valence-electron chi connectivity index (χ3n) is 6.03. The van der Waals surface area contributed by atoms with E-state index in [9.17, 15) is 9.59 Å². The van der Waals surface area contributed by atoms with Gasteiger partial charge in [-0.15, -0.1) is 0 Å². The summed E-state index contributed by atoms with van der Waals surface area (Å²) in [4.78, 5) is 36.4. The van der Waals surface area contributed by atoms with Crippen molar-refractivity contribution < 1.29 is 14.3 Å². The predicted molar refractivity (Wildman–Crippen MR) is 123 cm³/mol. The minimum absolute atomic E-state index is 0.129. The Bertz CT molecular complexity index is 1090. The summed E-state index contributed by atoms with van der Waals surface area (Å²) >= 11 is 1.53. The molecular weight excluding hydrogens is 410 g/mol. The van der Waals surface area contributed by atoms with Crippen molar-refractivity contribution in [1.82, 2.24) is 9.97 Å². The number of fused-ring (bicyclic) bond motifs is 1. The summed E-state index contributed by atoms with van der Waals surface area (Å²) in [5.41, 5.74) is 1.83. The fourth-order valence-electron chi connectivity index (χ4n) is 4.06. The highest BCUT2D eigenvalue weighted by molar-refractivity contribution is 7.22. The van der Waals surface area contributed by atoms with Gasteiger partial charge in [-0.2, -0.15) is 4.98 Å². The smallest absolute Gasteiger partial charge is 0.315 e. The Morgan fingerprint density at radius 1 is 1.26 bits per heavy atom. The highest BCUT2D eigenvalue weighted by Crippen LogP contribution is 2.35. The van der Waals surface area contributed by atoms with Gasteiger partial charge in [-0.25, -0.2) is 4.98 Å². The highest BCUT2D eigenvalue weighted by atomic mass is 32.1. The number of rotatable bonds is 7. The fourth-order valence-corrected chi connectivity index (χ4v) is 5.10. The molecule has 4 rings (SSSR count). The molecule has 1 aliphatic heterocycles. The van der Waals surface area contributed by atoms with Crippen LogP contribution in [0.4, 0.5) is 5.13 Å². The first-order valence-corrected chi connectivity index (χ1v) is 11.4. The van der Waals surface area contributed by atoms with Gasteiger partial charge in [-0.1, -0.05) is 41.7 Å². The minimum Gasteiger partial charge on any atom is -0.468 e. The molecule has 0 amide bonds. The van der Waals surface area contributed by atoms with E-state index in [4.69, 9.17) is 9.72 Å². The Morgan fingerprint density at radius 3 is 2.77 bits per heavy atom. The number of benzene rings is 1. The molecule has 1 aromatic carbocycles. The molecular formula is C24H27N3O3S. The second-order valence-electron chi connectivity index (χ2n) is 8.46. The molecule has 1 atom stereocenters. The molecule has 1 saturated heterocycles. The number of methoxy groups -OCH3 is 1. The van der Waals surface area contributed by atoms with Gasteiger partial charge < -0.3 is 9.64 Å². The molecule has 3 aromatic rings. The quantitative estimate of drug-likeness (QED) is 0.513. The van der Waals surface area contributed by atoms with Crippen molar-refractivity contribution in [3.8, 4) is 0 Å². The average molecular weight is 438 g/mol. The number of pyridine rings is 1. The van der Waals surface area contributed by atoms with Crippen molar-refractivity contribution in [3.63, 3.8) is 0 Å². The molecule has 2 aromatic heterocycles. The standard InChI is InChI=1S/C24H27N3O3S/c1-24(2,22(29)30-3)17-14-20-21(25-15-17)26-23(31-20)27-13-7-10-18(27)19(28)12-11-16-8-5-4-6-9-16/h4-6,8-9,14-15,18H,7,10-13H2,1-3H3/t18-/m1/s1. The van der Waals surface area contributed by atoms with E-state index in [1.807, 2.05) is 38.1 Å². The number of esters is 1. The zero-order valence-electron chi connectivity index (χ0n) is 18.1. The first-order chi connectivity index (χ1) is 14.9. The van der Waals surface area contributed by atoms with Gasteiger partial charge >= 0.3 is 5.97 Å². The number of nitrogens with zero attached hydrogens (tertiary/aromatic N) is 3. The Labute approximate surface area is 186 Å². The number of aryl methyl sites for hydroxylation is 1. The highest BCUT2D eigenvalue weighted by Gasteiger charge is 2.34. The van der Waals surface area contributed by atoms with Gasteiger partial charge in [0, 0.05) is 19.2 Å². The number of hydrogen-bond donors (Lipinski definition) is 0. The Kier molecular flexibility index (Phi) is 6.05. The van der Waals surface area contributed by atoms with Crippen LogP contribution in [0.2, 0.25) is 0 Å². The van der Waals surface area contributed by atoms with E-state index in [0.717, 1.165) is 41.2 Å². The number of aromatic nitrogens is 2. The molecule has 0 bridgehead atoms. The van der Waals surface area contributed by atoms with Gasteiger partial charge in [0.1, 0.15) is 0 Å². The Hall–Kier alpha value is -2.80. The van der Waals surface area contributed by atoms with Gasteiger partial charge in [0.2, 0.25) is 0 Å². The van der Waals surface area contributed by atoms with Gasteiger partial charge in [-0.05, 0) is 50.3 Å². The summed E-state index contributed by atoms with van der Waals surface area (Å²) in [7, 11) is 1.39. The van der Waals surface area contributed by atoms with E-state index in [1.54, 1.807) is 6.20 Å². The van der Waals surface area contributed by atoms with Crippen LogP contribution in [-0.2, 0) is 26.2 Å². The lowest BCUT2D eigenvalue weighted by Crippen LogP contribution is -2.36. The molecule has 0 spiro atoms. The summed E-state index contributed by atoms with van der Waals surface area (Å²) in [6.07, 6.45) is 4.82. The molecule has 0 N–H and O–H groups in total. The molecule has 7 heteroatoms. The SMILES string of the molecule is COC(=O)C(C)(C)c1cnc2nc(N3CCC[C@@H]3C(=O)CCc3ccccc3)sc2c1. The lowest BCUT2D eigenvalue weighted by molar-refractivity contribution is -0.146. The maximum absolute atomic E-state index is 13.0. The summed E-state index contributed by atoms with van der Waals surface area (Å²) < 4.78 is 5.85. The first kappa shape index (κ1) is 21.4. The Balaban J connectivity index is 1.53. The molecule has 162 valence electrons. The normalized spacial score (nSPS) is 16.6. The number of carbonyl (C=O) groups excluding carboxylic acids is 2. The van der Waals surface area contributed by atoms with Crippen LogP contribution in [0.5, 0.6) is 0 Å². The second-order valence-corrected chi connectivity index (χ2v) is 9.47. The summed E-state index contributed by atoms with van der Waals surface area (Å²) in [6, 6.07) is 12.0. The number of anilines is 1. The number of thiazole rings is 1. The number of ketones is 1. The van der Waals surface area contributed by atoms with Crippen molar-refractivity contribution >= 4 is 38.6 Å². The van der Waals surface area contributed by atoms with Crippen LogP contribution in [0.15, 0.2) is 42.6 Å². The van der Waals surface area contributed by atoms with E-state index in [0.29, 0.717) is 12.1 Å². The van der Waals surface area contributed by atoms with Gasteiger partial charge in [0.15, 0.2) is 16.6 Å². The maximum Gasteiger partial charge on any atom is 0.315 e. The van der Waals surface area contributed by atoms with Crippen molar-refractivity contribution in [3.05, 3.63) is 53.7 Å². The van der Waals surface area contributed by atoms with Gasteiger partial charge in [-0.3, -0.25) is 9.59 Å². The van der Waals surface area contributed by atoms with E-state index < -0.39 is 5.41 Å². The maximum atomic E-state index is 13.0. The number of ether oxygens (including phenoxy) is 1.